The Bertz CT molecular complexity index is 716. The van der Waals surface area contributed by atoms with Crippen LogP contribution < -0.4 is 9.80 Å². The fraction of sp³-hybridized carbons (Fsp3) is 0.500. The molecule has 2 saturated heterocycles. The highest BCUT2D eigenvalue weighted by atomic mass is 35.5. The summed E-state index contributed by atoms with van der Waals surface area (Å²) < 4.78 is 10.9. The number of thioether (sulfide) groups is 1. The van der Waals surface area contributed by atoms with Crippen LogP contribution in [-0.4, -0.2) is 67.6 Å². The standard InChI is InChI=1S/C18H22ClN5O2S/c19-15-3-1-14(2-4-15)13-27-18-21-16(23-5-9-25-10-6-23)20-17(22-18)24-7-11-26-12-8-24/h1-4H,5-13H2. The van der Waals surface area contributed by atoms with Crippen molar-refractivity contribution in [3.8, 4) is 0 Å². The summed E-state index contributed by atoms with van der Waals surface area (Å²) in [6.45, 7) is 6.00. The first-order valence-corrected chi connectivity index (χ1v) is 10.4. The van der Waals surface area contributed by atoms with E-state index in [4.69, 9.17) is 36.0 Å². The zero-order valence-corrected chi connectivity index (χ0v) is 16.6. The molecule has 0 N–H and O–H groups in total. The number of benzene rings is 1. The summed E-state index contributed by atoms with van der Waals surface area (Å²) in [5.74, 6) is 2.24. The van der Waals surface area contributed by atoms with Gasteiger partial charge in [0.2, 0.25) is 11.9 Å². The van der Waals surface area contributed by atoms with E-state index >= 15 is 0 Å². The maximum atomic E-state index is 5.97. The van der Waals surface area contributed by atoms with Crippen LogP contribution in [0.15, 0.2) is 29.4 Å². The van der Waals surface area contributed by atoms with Crippen LogP contribution in [0, 0.1) is 0 Å². The van der Waals surface area contributed by atoms with Crippen molar-refractivity contribution in [1.29, 1.82) is 0 Å². The van der Waals surface area contributed by atoms with Crippen molar-refractivity contribution in [2.75, 3.05) is 62.4 Å². The average molecular weight is 408 g/mol. The van der Waals surface area contributed by atoms with E-state index in [-0.39, 0.29) is 0 Å². The summed E-state index contributed by atoms with van der Waals surface area (Å²) >= 11 is 7.59. The van der Waals surface area contributed by atoms with E-state index in [1.54, 1.807) is 11.8 Å². The normalized spacial score (nSPS) is 18.0. The van der Waals surface area contributed by atoms with Gasteiger partial charge in [0.1, 0.15) is 0 Å². The topological polar surface area (TPSA) is 63.6 Å². The predicted molar refractivity (Wildman–Crippen MR) is 107 cm³/mol. The fourth-order valence-electron chi connectivity index (χ4n) is 2.94. The Morgan fingerprint density at radius 3 is 1.85 bits per heavy atom. The molecule has 0 saturated carbocycles. The Morgan fingerprint density at radius 2 is 1.33 bits per heavy atom. The molecule has 4 rings (SSSR count). The molecule has 27 heavy (non-hydrogen) atoms. The first kappa shape index (κ1) is 18.7. The third kappa shape index (κ3) is 5.01. The highest BCUT2D eigenvalue weighted by Gasteiger charge is 2.20. The van der Waals surface area contributed by atoms with Crippen molar-refractivity contribution in [1.82, 2.24) is 15.0 Å². The summed E-state index contributed by atoms with van der Waals surface area (Å²) in [5, 5.41) is 1.48. The van der Waals surface area contributed by atoms with Crippen LogP contribution in [0.1, 0.15) is 5.56 Å². The van der Waals surface area contributed by atoms with Crippen molar-refractivity contribution in [2.45, 2.75) is 10.9 Å². The van der Waals surface area contributed by atoms with Crippen molar-refractivity contribution in [2.24, 2.45) is 0 Å². The number of rotatable bonds is 5. The highest BCUT2D eigenvalue weighted by molar-refractivity contribution is 7.98. The molecule has 2 aromatic rings. The first-order chi connectivity index (χ1) is 13.3. The lowest BCUT2D eigenvalue weighted by Gasteiger charge is -2.30. The molecule has 1 aromatic heterocycles. The second kappa shape index (κ2) is 9.05. The lowest BCUT2D eigenvalue weighted by molar-refractivity contribution is 0.121. The number of halogens is 1. The van der Waals surface area contributed by atoms with Gasteiger partial charge in [-0.25, -0.2) is 0 Å². The quantitative estimate of drug-likeness (QED) is 0.700. The smallest absolute Gasteiger partial charge is 0.231 e. The molecule has 0 bridgehead atoms. The average Bonchev–Trinajstić information content (AvgIpc) is 2.74. The summed E-state index contributed by atoms with van der Waals surface area (Å²) in [6.07, 6.45) is 0. The van der Waals surface area contributed by atoms with Gasteiger partial charge in [-0.05, 0) is 17.7 Å². The molecule has 0 radical (unpaired) electrons. The molecule has 7 nitrogen and oxygen atoms in total. The molecular formula is C18H22ClN5O2S. The van der Waals surface area contributed by atoms with Gasteiger partial charge in [-0.1, -0.05) is 35.5 Å². The number of aromatic nitrogens is 3. The van der Waals surface area contributed by atoms with Crippen LogP contribution in [0.3, 0.4) is 0 Å². The van der Waals surface area contributed by atoms with Gasteiger partial charge in [0.05, 0.1) is 26.4 Å². The molecule has 2 aliphatic rings. The molecule has 0 unspecified atom stereocenters. The minimum Gasteiger partial charge on any atom is -0.378 e. The van der Waals surface area contributed by atoms with E-state index in [2.05, 4.69) is 9.80 Å². The molecule has 144 valence electrons. The largest absolute Gasteiger partial charge is 0.378 e. The number of hydrogen-bond acceptors (Lipinski definition) is 8. The molecule has 9 heteroatoms. The lowest BCUT2D eigenvalue weighted by Crippen LogP contribution is -2.40. The molecule has 0 spiro atoms. The van der Waals surface area contributed by atoms with Gasteiger partial charge >= 0.3 is 0 Å². The van der Waals surface area contributed by atoms with E-state index in [0.717, 1.165) is 54.0 Å². The number of morpholine rings is 2. The molecule has 0 amide bonds. The Kier molecular flexibility index (Phi) is 6.28. The van der Waals surface area contributed by atoms with Crippen molar-refractivity contribution >= 4 is 35.3 Å². The summed E-state index contributed by atoms with van der Waals surface area (Å²) in [6, 6.07) is 7.87. The minimum absolute atomic E-state index is 0.700. The second-order valence-corrected chi connectivity index (χ2v) is 7.71. The van der Waals surface area contributed by atoms with Gasteiger partial charge in [0, 0.05) is 37.0 Å². The van der Waals surface area contributed by atoms with E-state index in [0.29, 0.717) is 26.4 Å². The van der Waals surface area contributed by atoms with E-state index in [1.165, 1.54) is 5.56 Å². The van der Waals surface area contributed by atoms with E-state index < -0.39 is 0 Å². The zero-order valence-electron chi connectivity index (χ0n) is 15.0. The summed E-state index contributed by atoms with van der Waals surface area (Å²) in [4.78, 5) is 18.5. The van der Waals surface area contributed by atoms with Crippen LogP contribution in [-0.2, 0) is 15.2 Å². The third-order valence-corrected chi connectivity index (χ3v) is 5.63. The van der Waals surface area contributed by atoms with E-state index in [9.17, 15) is 0 Å². The number of anilines is 2. The van der Waals surface area contributed by atoms with Crippen molar-refractivity contribution in [3.05, 3.63) is 34.9 Å². The monoisotopic (exact) mass is 407 g/mol. The maximum absolute atomic E-state index is 5.97. The van der Waals surface area contributed by atoms with Crippen LogP contribution in [0.5, 0.6) is 0 Å². The third-order valence-electron chi connectivity index (χ3n) is 4.46. The molecule has 1 aromatic carbocycles. The molecule has 2 aliphatic heterocycles. The van der Waals surface area contributed by atoms with Gasteiger partial charge in [-0.2, -0.15) is 15.0 Å². The summed E-state index contributed by atoms with van der Waals surface area (Å²) in [5.41, 5.74) is 1.19. The lowest BCUT2D eigenvalue weighted by atomic mass is 10.2. The van der Waals surface area contributed by atoms with Crippen LogP contribution in [0.2, 0.25) is 5.02 Å². The Hall–Kier alpha value is -1.61. The summed E-state index contributed by atoms with van der Waals surface area (Å²) in [7, 11) is 0. The zero-order chi connectivity index (χ0) is 18.5. The van der Waals surface area contributed by atoms with Gasteiger partial charge < -0.3 is 19.3 Å². The minimum atomic E-state index is 0.700. The van der Waals surface area contributed by atoms with Gasteiger partial charge in [-0.3, -0.25) is 0 Å². The number of nitrogens with zero attached hydrogens (tertiary/aromatic N) is 5. The van der Waals surface area contributed by atoms with Crippen LogP contribution >= 0.6 is 23.4 Å². The second-order valence-electron chi connectivity index (χ2n) is 6.33. The fourth-order valence-corrected chi connectivity index (χ4v) is 3.84. The van der Waals surface area contributed by atoms with Crippen LogP contribution in [0.25, 0.3) is 0 Å². The first-order valence-electron chi connectivity index (χ1n) is 9.07. The molecule has 3 heterocycles. The maximum Gasteiger partial charge on any atom is 0.231 e. The number of ether oxygens (including phenoxy) is 2. The van der Waals surface area contributed by atoms with E-state index in [1.807, 2.05) is 24.3 Å². The predicted octanol–water partition coefficient (Wildman–Crippen LogP) is 2.49. The van der Waals surface area contributed by atoms with Gasteiger partial charge in [0.25, 0.3) is 0 Å². The van der Waals surface area contributed by atoms with Gasteiger partial charge in [0.15, 0.2) is 5.16 Å². The van der Waals surface area contributed by atoms with Crippen molar-refractivity contribution < 1.29 is 9.47 Å². The molecule has 0 atom stereocenters. The van der Waals surface area contributed by atoms with Crippen LogP contribution in [0.4, 0.5) is 11.9 Å². The Balaban J connectivity index is 1.55. The molecular weight excluding hydrogens is 386 g/mol. The Labute approximate surface area is 168 Å². The molecule has 2 fully saturated rings. The number of hydrogen-bond donors (Lipinski definition) is 0. The highest BCUT2D eigenvalue weighted by Crippen LogP contribution is 2.25. The van der Waals surface area contributed by atoms with Gasteiger partial charge in [-0.15, -0.1) is 0 Å². The molecule has 0 aliphatic carbocycles. The Morgan fingerprint density at radius 1 is 0.815 bits per heavy atom. The SMILES string of the molecule is Clc1ccc(CSc2nc(N3CCOCC3)nc(N3CCOCC3)n2)cc1. The van der Waals surface area contributed by atoms with Crippen molar-refractivity contribution in [3.63, 3.8) is 0 Å².